The van der Waals surface area contributed by atoms with Crippen molar-refractivity contribution in [2.75, 3.05) is 7.11 Å². The van der Waals surface area contributed by atoms with Crippen LogP contribution in [0.1, 0.15) is 18.9 Å². The molecule has 0 aliphatic rings. The van der Waals surface area contributed by atoms with Crippen molar-refractivity contribution in [3.8, 4) is 17.4 Å². The molecule has 1 amide bonds. The molecule has 1 atom stereocenters. The second-order valence-corrected chi connectivity index (χ2v) is 5.18. The van der Waals surface area contributed by atoms with Crippen molar-refractivity contribution >= 4 is 5.91 Å². The Bertz CT molecular complexity index is 659. The van der Waals surface area contributed by atoms with Crippen molar-refractivity contribution in [2.45, 2.75) is 25.9 Å². The summed E-state index contributed by atoms with van der Waals surface area (Å²) < 4.78 is 11.1. The highest BCUT2D eigenvalue weighted by molar-refractivity contribution is 5.76. The summed E-state index contributed by atoms with van der Waals surface area (Å²) >= 11 is 0. The molecule has 0 unspecified atom stereocenters. The van der Waals surface area contributed by atoms with Crippen molar-refractivity contribution in [3.63, 3.8) is 0 Å². The van der Waals surface area contributed by atoms with Crippen LogP contribution in [-0.4, -0.2) is 24.0 Å². The lowest BCUT2D eigenvalue weighted by Gasteiger charge is -2.13. The maximum atomic E-state index is 11.7. The number of hydrogen-bond acceptors (Lipinski definition) is 5. The van der Waals surface area contributed by atoms with Crippen molar-refractivity contribution in [1.82, 2.24) is 10.3 Å². The number of nitrogens with one attached hydrogen (secondary N) is 1. The summed E-state index contributed by atoms with van der Waals surface area (Å²) in [5, 5.41) is 2.81. The molecule has 1 aromatic carbocycles. The first-order valence-electron chi connectivity index (χ1n) is 7.37. The molecule has 1 aromatic heterocycles. The quantitative estimate of drug-likeness (QED) is 0.818. The number of nitrogens with zero attached hydrogens (tertiary/aromatic N) is 1. The predicted octanol–water partition coefficient (Wildman–Crippen LogP) is 2.24. The zero-order valence-electron chi connectivity index (χ0n) is 13.3. The van der Waals surface area contributed by atoms with Gasteiger partial charge in [-0.1, -0.05) is 18.2 Å². The van der Waals surface area contributed by atoms with E-state index in [1.165, 1.54) is 0 Å². The summed E-state index contributed by atoms with van der Waals surface area (Å²) in [6, 6.07) is 10.8. The van der Waals surface area contributed by atoms with Crippen LogP contribution in [-0.2, 0) is 11.3 Å². The van der Waals surface area contributed by atoms with Crippen LogP contribution < -0.4 is 20.5 Å². The SMILES string of the molecule is COc1ccccc1Oc1ncccc1CNC(=O)C[C@H](C)N. The van der Waals surface area contributed by atoms with Gasteiger partial charge in [0.15, 0.2) is 11.5 Å². The summed E-state index contributed by atoms with van der Waals surface area (Å²) in [5.41, 5.74) is 6.39. The highest BCUT2D eigenvalue weighted by atomic mass is 16.5. The van der Waals surface area contributed by atoms with E-state index in [9.17, 15) is 4.79 Å². The summed E-state index contributed by atoms with van der Waals surface area (Å²) in [5.74, 6) is 1.51. The Morgan fingerprint density at radius 2 is 2.00 bits per heavy atom. The summed E-state index contributed by atoms with van der Waals surface area (Å²) in [6.45, 7) is 2.11. The normalized spacial score (nSPS) is 11.6. The molecule has 0 fully saturated rings. The Morgan fingerprint density at radius 3 is 2.70 bits per heavy atom. The van der Waals surface area contributed by atoms with E-state index in [1.54, 1.807) is 32.4 Å². The number of rotatable bonds is 7. The smallest absolute Gasteiger partial charge is 0.224 e. The third-order valence-corrected chi connectivity index (χ3v) is 3.11. The third-order valence-electron chi connectivity index (χ3n) is 3.11. The second-order valence-electron chi connectivity index (χ2n) is 5.18. The van der Waals surface area contributed by atoms with Crippen molar-refractivity contribution in [2.24, 2.45) is 5.73 Å². The molecule has 0 radical (unpaired) electrons. The Morgan fingerprint density at radius 1 is 1.26 bits per heavy atom. The van der Waals surface area contributed by atoms with Gasteiger partial charge in [0.05, 0.1) is 7.11 Å². The zero-order chi connectivity index (χ0) is 16.7. The number of carbonyl (C=O) groups is 1. The van der Waals surface area contributed by atoms with Crippen molar-refractivity contribution < 1.29 is 14.3 Å². The number of aromatic nitrogens is 1. The van der Waals surface area contributed by atoms with E-state index in [0.717, 1.165) is 5.56 Å². The van der Waals surface area contributed by atoms with E-state index < -0.39 is 0 Å². The van der Waals surface area contributed by atoms with Crippen LogP contribution in [0.4, 0.5) is 0 Å². The Kier molecular flexibility index (Phi) is 5.94. The maximum Gasteiger partial charge on any atom is 0.224 e. The molecule has 6 nitrogen and oxygen atoms in total. The van der Waals surface area contributed by atoms with Crippen LogP contribution in [0.15, 0.2) is 42.6 Å². The van der Waals surface area contributed by atoms with Gasteiger partial charge in [0, 0.05) is 30.8 Å². The molecule has 6 heteroatoms. The number of nitrogens with two attached hydrogens (primary N) is 1. The van der Waals surface area contributed by atoms with E-state index in [2.05, 4.69) is 10.3 Å². The molecule has 0 spiro atoms. The van der Waals surface area contributed by atoms with Gasteiger partial charge >= 0.3 is 0 Å². The molecule has 23 heavy (non-hydrogen) atoms. The number of benzene rings is 1. The third kappa shape index (κ3) is 4.96. The monoisotopic (exact) mass is 315 g/mol. The van der Waals surface area contributed by atoms with Gasteiger partial charge in [-0.2, -0.15) is 0 Å². The fraction of sp³-hybridized carbons (Fsp3) is 0.294. The van der Waals surface area contributed by atoms with Gasteiger partial charge in [0.25, 0.3) is 0 Å². The molecule has 0 aliphatic heterocycles. The predicted molar refractivity (Wildman–Crippen MR) is 87.4 cm³/mol. The standard InChI is InChI=1S/C17H21N3O3/c1-12(18)10-16(21)20-11-13-6-5-9-19-17(13)23-15-8-4-3-7-14(15)22-2/h3-9,12H,10-11,18H2,1-2H3,(H,20,21)/t12-/m0/s1. The van der Waals surface area contributed by atoms with E-state index in [-0.39, 0.29) is 18.4 Å². The van der Waals surface area contributed by atoms with Crippen LogP contribution in [0.25, 0.3) is 0 Å². The van der Waals surface area contributed by atoms with Gasteiger partial charge in [-0.25, -0.2) is 4.98 Å². The summed E-state index contributed by atoms with van der Waals surface area (Å²) in [4.78, 5) is 16.0. The molecule has 0 bridgehead atoms. The number of para-hydroxylation sites is 2. The van der Waals surface area contributed by atoms with Crippen LogP contribution in [0.5, 0.6) is 17.4 Å². The Labute approximate surface area is 135 Å². The minimum atomic E-state index is -0.173. The second kappa shape index (κ2) is 8.14. The average molecular weight is 315 g/mol. The molecule has 2 aromatic rings. The zero-order valence-corrected chi connectivity index (χ0v) is 13.3. The number of ether oxygens (including phenoxy) is 2. The lowest BCUT2D eigenvalue weighted by Crippen LogP contribution is -2.29. The van der Waals surface area contributed by atoms with E-state index in [1.807, 2.05) is 24.3 Å². The van der Waals surface area contributed by atoms with E-state index in [4.69, 9.17) is 15.2 Å². The van der Waals surface area contributed by atoms with Gasteiger partial charge in [0.1, 0.15) is 0 Å². The first-order valence-corrected chi connectivity index (χ1v) is 7.37. The Hall–Kier alpha value is -2.60. The number of amides is 1. The van der Waals surface area contributed by atoms with E-state index >= 15 is 0 Å². The topological polar surface area (TPSA) is 86.5 Å². The minimum Gasteiger partial charge on any atom is -0.493 e. The van der Waals surface area contributed by atoms with Crippen LogP contribution in [0.2, 0.25) is 0 Å². The van der Waals surface area contributed by atoms with Gasteiger partial charge in [-0.05, 0) is 25.1 Å². The van der Waals surface area contributed by atoms with Crippen molar-refractivity contribution in [1.29, 1.82) is 0 Å². The number of methoxy groups -OCH3 is 1. The van der Waals surface area contributed by atoms with Crippen LogP contribution in [0.3, 0.4) is 0 Å². The lowest BCUT2D eigenvalue weighted by molar-refractivity contribution is -0.121. The van der Waals surface area contributed by atoms with E-state index in [0.29, 0.717) is 23.9 Å². The largest absolute Gasteiger partial charge is 0.493 e. The number of pyridine rings is 1. The maximum absolute atomic E-state index is 11.7. The molecule has 122 valence electrons. The van der Waals surface area contributed by atoms with Gasteiger partial charge in [-0.3, -0.25) is 4.79 Å². The molecular weight excluding hydrogens is 294 g/mol. The van der Waals surface area contributed by atoms with Crippen LogP contribution in [0, 0.1) is 0 Å². The summed E-state index contributed by atoms with van der Waals surface area (Å²) in [7, 11) is 1.58. The fourth-order valence-electron chi connectivity index (χ4n) is 2.02. The Balaban J connectivity index is 2.10. The molecule has 0 saturated heterocycles. The number of carbonyl (C=O) groups excluding carboxylic acids is 1. The molecule has 2 rings (SSSR count). The fourth-order valence-corrected chi connectivity index (χ4v) is 2.02. The summed E-state index contributed by atoms with van der Waals surface area (Å²) in [6.07, 6.45) is 1.92. The highest BCUT2D eigenvalue weighted by Gasteiger charge is 2.11. The molecule has 1 heterocycles. The molecule has 0 aliphatic carbocycles. The first kappa shape index (κ1) is 16.8. The highest BCUT2D eigenvalue weighted by Crippen LogP contribution is 2.31. The van der Waals surface area contributed by atoms with Crippen LogP contribution >= 0.6 is 0 Å². The molecule has 0 saturated carbocycles. The van der Waals surface area contributed by atoms with Gasteiger partial charge < -0.3 is 20.5 Å². The van der Waals surface area contributed by atoms with Crippen molar-refractivity contribution in [3.05, 3.63) is 48.2 Å². The average Bonchev–Trinajstić information content (AvgIpc) is 2.54. The van der Waals surface area contributed by atoms with Gasteiger partial charge in [-0.15, -0.1) is 0 Å². The molecule has 3 N–H and O–H groups in total. The number of hydrogen-bond donors (Lipinski definition) is 2. The lowest BCUT2D eigenvalue weighted by atomic mass is 10.2. The minimum absolute atomic E-state index is 0.105. The molecular formula is C17H21N3O3. The van der Waals surface area contributed by atoms with Gasteiger partial charge in [0.2, 0.25) is 11.8 Å². The first-order chi connectivity index (χ1) is 11.1.